The topological polar surface area (TPSA) is 64.4 Å². The van der Waals surface area contributed by atoms with E-state index in [4.69, 9.17) is 21.7 Å². The molecule has 0 saturated heterocycles. The fourth-order valence-corrected chi connectivity index (χ4v) is 2.74. The number of hydrogen-bond donors (Lipinski definition) is 1. The van der Waals surface area contributed by atoms with Gasteiger partial charge in [-0.25, -0.2) is 5.10 Å². The smallest absolute Gasteiger partial charge is 0.216 e. The van der Waals surface area contributed by atoms with Crippen molar-refractivity contribution in [2.75, 3.05) is 7.11 Å². The molecule has 0 fully saturated rings. The molecule has 2 aromatic carbocycles. The Kier molecular flexibility index (Phi) is 5.48. The molecule has 1 heterocycles. The first-order valence-electron chi connectivity index (χ1n) is 8.12. The number of aromatic nitrogens is 3. The molecular formula is C19H20N4O2S. The van der Waals surface area contributed by atoms with E-state index in [1.807, 2.05) is 56.3 Å². The van der Waals surface area contributed by atoms with Gasteiger partial charge in [0, 0.05) is 0 Å². The highest BCUT2D eigenvalue weighted by atomic mass is 32.1. The number of ether oxygens (including phenoxy) is 2. The number of aryl methyl sites for hydroxylation is 2. The number of para-hydroxylation sites is 1. The minimum Gasteiger partial charge on any atom is -0.497 e. The van der Waals surface area contributed by atoms with Crippen LogP contribution in [0.4, 0.5) is 0 Å². The summed E-state index contributed by atoms with van der Waals surface area (Å²) in [6.07, 6.45) is 1.70. The number of methoxy groups -OCH3 is 1. The van der Waals surface area contributed by atoms with Crippen LogP contribution >= 0.6 is 12.2 Å². The van der Waals surface area contributed by atoms with Crippen molar-refractivity contribution in [1.29, 1.82) is 0 Å². The van der Waals surface area contributed by atoms with Gasteiger partial charge < -0.3 is 9.47 Å². The van der Waals surface area contributed by atoms with Crippen LogP contribution in [-0.2, 0) is 6.61 Å². The molecule has 1 N–H and O–H groups in total. The lowest BCUT2D eigenvalue weighted by atomic mass is 10.1. The van der Waals surface area contributed by atoms with E-state index in [9.17, 15) is 0 Å². The highest BCUT2D eigenvalue weighted by molar-refractivity contribution is 7.71. The van der Waals surface area contributed by atoms with E-state index in [1.165, 1.54) is 0 Å². The Bertz CT molecular complexity index is 971. The van der Waals surface area contributed by atoms with Crippen LogP contribution in [-0.4, -0.2) is 28.2 Å². The molecule has 0 aliphatic heterocycles. The second-order valence-corrected chi connectivity index (χ2v) is 6.17. The van der Waals surface area contributed by atoms with Gasteiger partial charge in [-0.15, -0.1) is 0 Å². The second kappa shape index (κ2) is 7.97. The number of H-pyrrole nitrogens is 1. The molecule has 3 rings (SSSR count). The Labute approximate surface area is 157 Å². The van der Waals surface area contributed by atoms with Crippen molar-refractivity contribution in [2.24, 2.45) is 5.10 Å². The fraction of sp³-hybridized carbons (Fsp3) is 0.211. The Morgan fingerprint density at radius 3 is 2.65 bits per heavy atom. The average Bonchev–Trinajstić information content (AvgIpc) is 2.99. The summed E-state index contributed by atoms with van der Waals surface area (Å²) in [6.45, 7) is 4.29. The second-order valence-electron chi connectivity index (χ2n) is 5.79. The van der Waals surface area contributed by atoms with Crippen molar-refractivity contribution in [1.82, 2.24) is 14.9 Å². The van der Waals surface area contributed by atoms with Gasteiger partial charge in [-0.05, 0) is 54.9 Å². The highest BCUT2D eigenvalue weighted by Gasteiger charge is 2.09. The highest BCUT2D eigenvalue weighted by Crippen LogP contribution is 2.23. The summed E-state index contributed by atoms with van der Waals surface area (Å²) < 4.78 is 13.1. The van der Waals surface area contributed by atoms with Crippen LogP contribution in [0.1, 0.15) is 22.5 Å². The SMILES string of the molecule is COc1cccc(/C=N\n2c(COc3c(C)cccc3C)n[nH]c2=S)c1. The average molecular weight is 368 g/mol. The van der Waals surface area contributed by atoms with Crippen molar-refractivity contribution in [3.8, 4) is 11.5 Å². The number of nitrogens with one attached hydrogen (secondary N) is 1. The number of nitrogens with zero attached hydrogens (tertiary/aromatic N) is 3. The molecule has 0 atom stereocenters. The standard InChI is InChI=1S/C19H20N4O2S/c1-13-6-4-7-14(2)18(13)25-12-17-21-22-19(26)23(17)20-11-15-8-5-9-16(10-15)24-3/h4-11H,12H2,1-3H3,(H,22,26)/b20-11-. The third-order valence-corrected chi connectivity index (χ3v) is 4.15. The molecule has 134 valence electrons. The van der Waals surface area contributed by atoms with Gasteiger partial charge in [0.2, 0.25) is 4.77 Å². The lowest BCUT2D eigenvalue weighted by Gasteiger charge is -2.11. The van der Waals surface area contributed by atoms with Gasteiger partial charge >= 0.3 is 0 Å². The molecule has 1 aromatic heterocycles. The van der Waals surface area contributed by atoms with Gasteiger partial charge in [-0.3, -0.25) is 0 Å². The lowest BCUT2D eigenvalue weighted by molar-refractivity contribution is 0.287. The van der Waals surface area contributed by atoms with Crippen molar-refractivity contribution in [3.63, 3.8) is 0 Å². The van der Waals surface area contributed by atoms with E-state index in [-0.39, 0.29) is 6.61 Å². The van der Waals surface area contributed by atoms with E-state index >= 15 is 0 Å². The first kappa shape index (κ1) is 17.9. The molecule has 0 aliphatic rings. The molecule has 0 unspecified atom stereocenters. The maximum absolute atomic E-state index is 5.95. The number of hydrogen-bond acceptors (Lipinski definition) is 5. The monoisotopic (exact) mass is 368 g/mol. The summed E-state index contributed by atoms with van der Waals surface area (Å²) in [5.41, 5.74) is 3.05. The molecule has 0 radical (unpaired) electrons. The lowest BCUT2D eigenvalue weighted by Crippen LogP contribution is -2.05. The van der Waals surface area contributed by atoms with Crippen molar-refractivity contribution < 1.29 is 9.47 Å². The number of rotatable bonds is 6. The zero-order chi connectivity index (χ0) is 18.5. The number of benzene rings is 2. The first-order valence-corrected chi connectivity index (χ1v) is 8.53. The van der Waals surface area contributed by atoms with E-state index in [0.29, 0.717) is 10.6 Å². The molecule has 0 aliphatic carbocycles. The molecule has 6 nitrogen and oxygen atoms in total. The third-order valence-electron chi connectivity index (χ3n) is 3.89. The van der Waals surface area contributed by atoms with Crippen LogP contribution in [0, 0.1) is 18.6 Å². The summed E-state index contributed by atoms with van der Waals surface area (Å²) in [6, 6.07) is 13.6. The Morgan fingerprint density at radius 1 is 1.19 bits per heavy atom. The quantitative estimate of drug-likeness (QED) is 0.527. The molecule has 3 aromatic rings. The van der Waals surface area contributed by atoms with Crippen LogP contribution in [0.3, 0.4) is 0 Å². The predicted octanol–water partition coefficient (Wildman–Crippen LogP) is 4.03. The van der Waals surface area contributed by atoms with E-state index < -0.39 is 0 Å². The summed E-state index contributed by atoms with van der Waals surface area (Å²) >= 11 is 5.27. The van der Waals surface area contributed by atoms with Crippen LogP contribution in [0.2, 0.25) is 0 Å². The van der Waals surface area contributed by atoms with E-state index in [0.717, 1.165) is 28.2 Å². The Hall–Kier alpha value is -2.93. The Balaban J connectivity index is 1.80. The van der Waals surface area contributed by atoms with Crippen molar-refractivity contribution in [3.05, 3.63) is 69.8 Å². The van der Waals surface area contributed by atoms with Gasteiger partial charge in [-0.1, -0.05) is 30.3 Å². The summed E-state index contributed by atoms with van der Waals surface area (Å²) in [5.74, 6) is 2.21. The predicted molar refractivity (Wildman–Crippen MR) is 104 cm³/mol. The van der Waals surface area contributed by atoms with Gasteiger partial charge in [0.25, 0.3) is 0 Å². The van der Waals surface area contributed by atoms with Gasteiger partial charge in [0.15, 0.2) is 5.82 Å². The van der Waals surface area contributed by atoms with E-state index in [1.54, 1.807) is 18.0 Å². The van der Waals surface area contributed by atoms with Crippen LogP contribution in [0.25, 0.3) is 0 Å². The van der Waals surface area contributed by atoms with Crippen LogP contribution in [0.5, 0.6) is 11.5 Å². The molecule has 0 saturated carbocycles. The minimum atomic E-state index is 0.258. The van der Waals surface area contributed by atoms with Crippen LogP contribution < -0.4 is 9.47 Å². The van der Waals surface area contributed by atoms with Crippen molar-refractivity contribution >= 4 is 18.4 Å². The maximum Gasteiger partial charge on any atom is 0.216 e. The fourth-order valence-electron chi connectivity index (χ4n) is 2.55. The Morgan fingerprint density at radius 2 is 1.92 bits per heavy atom. The first-order chi connectivity index (χ1) is 12.6. The zero-order valence-electron chi connectivity index (χ0n) is 14.9. The molecule has 0 spiro atoms. The molecule has 0 bridgehead atoms. The largest absolute Gasteiger partial charge is 0.497 e. The molecular weight excluding hydrogens is 348 g/mol. The van der Waals surface area contributed by atoms with Crippen LogP contribution in [0.15, 0.2) is 47.6 Å². The minimum absolute atomic E-state index is 0.258. The number of aromatic amines is 1. The summed E-state index contributed by atoms with van der Waals surface area (Å²) in [7, 11) is 1.63. The molecule has 26 heavy (non-hydrogen) atoms. The molecule has 0 amide bonds. The summed E-state index contributed by atoms with van der Waals surface area (Å²) in [5, 5.41) is 11.4. The maximum atomic E-state index is 5.95. The summed E-state index contributed by atoms with van der Waals surface area (Å²) in [4.78, 5) is 0. The normalized spacial score (nSPS) is 11.0. The van der Waals surface area contributed by atoms with E-state index in [2.05, 4.69) is 15.3 Å². The molecule has 7 heteroatoms. The van der Waals surface area contributed by atoms with Crippen molar-refractivity contribution in [2.45, 2.75) is 20.5 Å². The van der Waals surface area contributed by atoms with Gasteiger partial charge in [0.05, 0.1) is 13.3 Å². The van der Waals surface area contributed by atoms with Gasteiger partial charge in [0.1, 0.15) is 18.1 Å². The zero-order valence-corrected chi connectivity index (χ0v) is 15.7. The third kappa shape index (κ3) is 4.00. The van der Waals surface area contributed by atoms with Gasteiger partial charge in [-0.2, -0.15) is 14.9 Å².